The number of hydrogen-bond donors (Lipinski definition) is 2. The highest BCUT2D eigenvalue weighted by atomic mass is 79.9. The zero-order valence-electron chi connectivity index (χ0n) is 15.4. The van der Waals surface area contributed by atoms with Crippen LogP contribution in [0, 0.1) is 0 Å². The summed E-state index contributed by atoms with van der Waals surface area (Å²) < 4.78 is 25.8. The van der Waals surface area contributed by atoms with Crippen LogP contribution in [-0.4, -0.2) is 38.4 Å². The van der Waals surface area contributed by atoms with Crippen molar-refractivity contribution in [2.75, 3.05) is 17.1 Å². The zero-order valence-corrected chi connectivity index (χ0v) is 17.8. The molecule has 0 atom stereocenters. The van der Waals surface area contributed by atoms with E-state index in [1.165, 1.54) is 6.21 Å². The summed E-state index contributed by atoms with van der Waals surface area (Å²) in [5.74, 6) is -0.602. The summed E-state index contributed by atoms with van der Waals surface area (Å²) in [6, 6.07) is 17.5. The number of hydrogen-bond acceptors (Lipinski definition) is 5. The van der Waals surface area contributed by atoms with E-state index in [0.717, 1.165) is 21.3 Å². The van der Waals surface area contributed by atoms with Crippen LogP contribution in [0.1, 0.15) is 5.56 Å². The normalized spacial score (nSPS) is 11.7. The predicted molar refractivity (Wildman–Crippen MR) is 118 cm³/mol. The first kappa shape index (κ1) is 20.8. The van der Waals surface area contributed by atoms with E-state index in [1.54, 1.807) is 36.4 Å². The number of carbonyl (C=O) groups is 1. The fraction of sp³-hybridized carbons (Fsp3) is 0.100. The second-order valence-electron chi connectivity index (χ2n) is 6.23. The maximum atomic E-state index is 12.3. The van der Waals surface area contributed by atoms with Crippen LogP contribution in [-0.2, 0) is 14.8 Å². The standard InChI is InChI=1S/C20H18BrN3O4S/c1-29(27,28)24(18-9-5-4-8-17(18)21)13-20(26)23-22-12-16-15-7-3-2-6-14(15)10-11-19(16)25/h2-12,25H,13H2,1H3,(H,23,26). The Morgan fingerprint density at radius 3 is 2.55 bits per heavy atom. The van der Waals surface area contributed by atoms with E-state index >= 15 is 0 Å². The third kappa shape index (κ3) is 4.93. The van der Waals surface area contributed by atoms with Crippen molar-refractivity contribution in [1.29, 1.82) is 0 Å². The van der Waals surface area contributed by atoms with Crippen LogP contribution >= 0.6 is 15.9 Å². The van der Waals surface area contributed by atoms with Crippen molar-refractivity contribution < 1.29 is 18.3 Å². The maximum absolute atomic E-state index is 12.3. The molecule has 0 aliphatic heterocycles. The minimum atomic E-state index is -3.70. The summed E-state index contributed by atoms with van der Waals surface area (Å²) in [4.78, 5) is 12.3. The molecule has 0 saturated heterocycles. The van der Waals surface area contributed by atoms with Gasteiger partial charge in [-0.05, 0) is 44.9 Å². The second kappa shape index (κ2) is 8.62. The van der Waals surface area contributed by atoms with Crippen LogP contribution in [0.5, 0.6) is 5.75 Å². The topological polar surface area (TPSA) is 99.1 Å². The van der Waals surface area contributed by atoms with Crippen molar-refractivity contribution >= 4 is 54.5 Å². The third-order valence-electron chi connectivity index (χ3n) is 4.14. The number of fused-ring (bicyclic) bond motifs is 1. The Balaban J connectivity index is 1.79. The van der Waals surface area contributed by atoms with Gasteiger partial charge >= 0.3 is 0 Å². The molecule has 0 saturated carbocycles. The second-order valence-corrected chi connectivity index (χ2v) is 8.99. The molecule has 0 aliphatic rings. The summed E-state index contributed by atoms with van der Waals surface area (Å²) in [5.41, 5.74) is 3.11. The first-order chi connectivity index (χ1) is 13.8. The van der Waals surface area contributed by atoms with Gasteiger partial charge < -0.3 is 5.11 Å². The van der Waals surface area contributed by atoms with Gasteiger partial charge in [-0.15, -0.1) is 0 Å². The van der Waals surface area contributed by atoms with E-state index in [1.807, 2.05) is 24.3 Å². The average Bonchev–Trinajstić information content (AvgIpc) is 2.68. The molecule has 0 radical (unpaired) electrons. The first-order valence-electron chi connectivity index (χ1n) is 8.52. The lowest BCUT2D eigenvalue weighted by Crippen LogP contribution is -2.39. The molecule has 29 heavy (non-hydrogen) atoms. The van der Waals surface area contributed by atoms with Gasteiger partial charge in [-0.2, -0.15) is 5.10 Å². The van der Waals surface area contributed by atoms with Gasteiger partial charge in [0.05, 0.1) is 18.2 Å². The Kier molecular flexibility index (Phi) is 6.19. The molecular formula is C20H18BrN3O4S. The number of carbonyl (C=O) groups excluding carboxylic acids is 1. The third-order valence-corrected chi connectivity index (χ3v) is 5.94. The van der Waals surface area contributed by atoms with Gasteiger partial charge in [0, 0.05) is 10.0 Å². The van der Waals surface area contributed by atoms with Crippen LogP contribution in [0.4, 0.5) is 5.69 Å². The van der Waals surface area contributed by atoms with Crippen molar-refractivity contribution in [2.24, 2.45) is 5.10 Å². The number of aromatic hydroxyl groups is 1. The van der Waals surface area contributed by atoms with Gasteiger partial charge in [0.15, 0.2) is 0 Å². The van der Waals surface area contributed by atoms with Gasteiger partial charge in [0.1, 0.15) is 12.3 Å². The molecule has 9 heteroatoms. The minimum absolute atomic E-state index is 0.0210. The molecule has 0 aromatic heterocycles. The first-order valence-corrected chi connectivity index (χ1v) is 11.2. The number of halogens is 1. The SMILES string of the molecule is CS(=O)(=O)N(CC(=O)NN=Cc1c(O)ccc2ccccc12)c1ccccc1Br. The Morgan fingerprint density at radius 2 is 1.83 bits per heavy atom. The van der Waals surface area contributed by atoms with Crippen molar-refractivity contribution in [3.63, 3.8) is 0 Å². The fourth-order valence-corrected chi connectivity index (χ4v) is 4.27. The van der Waals surface area contributed by atoms with Crippen molar-refractivity contribution in [3.8, 4) is 5.75 Å². The van der Waals surface area contributed by atoms with Crippen molar-refractivity contribution in [3.05, 3.63) is 70.7 Å². The van der Waals surface area contributed by atoms with Gasteiger partial charge in [-0.3, -0.25) is 9.10 Å². The van der Waals surface area contributed by atoms with Crippen LogP contribution in [0.25, 0.3) is 10.8 Å². The van der Waals surface area contributed by atoms with E-state index in [4.69, 9.17) is 0 Å². The molecule has 3 rings (SSSR count). The number of amides is 1. The maximum Gasteiger partial charge on any atom is 0.260 e. The van der Waals surface area contributed by atoms with E-state index in [-0.39, 0.29) is 5.75 Å². The van der Waals surface area contributed by atoms with E-state index in [9.17, 15) is 18.3 Å². The molecule has 0 unspecified atom stereocenters. The number of para-hydroxylation sites is 1. The highest BCUT2D eigenvalue weighted by Gasteiger charge is 2.22. The number of sulfonamides is 1. The lowest BCUT2D eigenvalue weighted by Gasteiger charge is -2.22. The number of rotatable bonds is 6. The van der Waals surface area contributed by atoms with Crippen LogP contribution in [0.3, 0.4) is 0 Å². The van der Waals surface area contributed by atoms with E-state index in [2.05, 4.69) is 26.5 Å². The Labute approximate surface area is 176 Å². The van der Waals surface area contributed by atoms with Crippen molar-refractivity contribution in [2.45, 2.75) is 0 Å². The summed E-state index contributed by atoms with van der Waals surface area (Å²) in [6.07, 6.45) is 2.36. The molecule has 0 spiro atoms. The van der Waals surface area contributed by atoms with Crippen LogP contribution < -0.4 is 9.73 Å². The largest absolute Gasteiger partial charge is 0.507 e. The minimum Gasteiger partial charge on any atom is -0.507 e. The van der Waals surface area contributed by atoms with Crippen molar-refractivity contribution in [1.82, 2.24) is 5.43 Å². The lowest BCUT2D eigenvalue weighted by molar-refractivity contribution is -0.119. The number of phenols is 1. The molecule has 0 fully saturated rings. The molecule has 0 bridgehead atoms. The number of hydrazone groups is 1. The molecule has 3 aromatic rings. The summed E-state index contributed by atoms with van der Waals surface area (Å²) >= 11 is 3.30. The quantitative estimate of drug-likeness (QED) is 0.422. The summed E-state index contributed by atoms with van der Waals surface area (Å²) in [5, 5.41) is 15.7. The zero-order chi connectivity index (χ0) is 21.0. The van der Waals surface area contributed by atoms with E-state index < -0.39 is 22.5 Å². The Bertz CT molecular complexity index is 1200. The predicted octanol–water partition coefficient (Wildman–Crippen LogP) is 3.22. The molecule has 2 N–H and O–H groups in total. The van der Waals surface area contributed by atoms with Gasteiger partial charge in [0.25, 0.3) is 5.91 Å². The molecular weight excluding hydrogens is 458 g/mol. The molecule has 3 aromatic carbocycles. The van der Waals surface area contributed by atoms with Gasteiger partial charge in [-0.1, -0.05) is 42.5 Å². The number of anilines is 1. The lowest BCUT2D eigenvalue weighted by atomic mass is 10.0. The van der Waals surface area contributed by atoms with Gasteiger partial charge in [-0.25, -0.2) is 13.8 Å². The highest BCUT2D eigenvalue weighted by molar-refractivity contribution is 9.10. The number of nitrogens with zero attached hydrogens (tertiary/aromatic N) is 2. The number of benzene rings is 3. The van der Waals surface area contributed by atoms with Crippen LogP contribution in [0.15, 0.2) is 70.2 Å². The molecule has 7 nitrogen and oxygen atoms in total. The fourth-order valence-electron chi connectivity index (χ4n) is 2.79. The Hall–Kier alpha value is -2.91. The smallest absolute Gasteiger partial charge is 0.260 e. The number of nitrogens with one attached hydrogen (secondary N) is 1. The highest BCUT2D eigenvalue weighted by Crippen LogP contribution is 2.27. The average molecular weight is 476 g/mol. The molecule has 150 valence electrons. The van der Waals surface area contributed by atoms with E-state index in [0.29, 0.717) is 15.7 Å². The Morgan fingerprint density at radius 1 is 1.14 bits per heavy atom. The number of phenolic OH excluding ortho intramolecular Hbond substituents is 1. The molecule has 0 aliphatic carbocycles. The summed E-state index contributed by atoms with van der Waals surface area (Å²) in [7, 11) is -3.70. The van der Waals surface area contributed by atoms with Crippen LogP contribution in [0.2, 0.25) is 0 Å². The molecule has 0 heterocycles. The van der Waals surface area contributed by atoms with Gasteiger partial charge in [0.2, 0.25) is 10.0 Å². The summed E-state index contributed by atoms with van der Waals surface area (Å²) in [6.45, 7) is -0.444. The molecule has 1 amide bonds. The monoisotopic (exact) mass is 475 g/mol.